The van der Waals surface area contributed by atoms with Crippen LogP contribution in [-0.4, -0.2) is 49.0 Å². The van der Waals surface area contributed by atoms with Gasteiger partial charge in [0.1, 0.15) is 33.4 Å². The van der Waals surface area contributed by atoms with E-state index in [0.29, 0.717) is 25.7 Å². The van der Waals surface area contributed by atoms with Crippen LogP contribution >= 0.6 is 11.8 Å². The minimum atomic E-state index is -4.33. The second-order valence-electron chi connectivity index (χ2n) is 19.6. The van der Waals surface area contributed by atoms with Gasteiger partial charge in [0.2, 0.25) is 0 Å². The number of carbonyl (C=O) groups excluding carboxylic acids is 2. The number of Topliss-reactive ketones (excluding diaryl/α,β-unsaturated/α-hetero) is 2. The molecule has 0 aliphatic heterocycles. The highest BCUT2D eigenvalue weighted by Crippen LogP contribution is 2.65. The van der Waals surface area contributed by atoms with Gasteiger partial charge in [0.25, 0.3) is 0 Å². The molecule has 4 bridgehead atoms. The molecule has 8 nitrogen and oxygen atoms in total. The van der Waals surface area contributed by atoms with Crippen LogP contribution in [0.25, 0.3) is 0 Å². The molecule has 0 saturated heterocycles. The zero-order valence-electron chi connectivity index (χ0n) is 39.3. The minimum Gasteiger partial charge on any atom is -0.748 e. The lowest BCUT2D eigenvalue weighted by molar-refractivity contribution is -0.128. The van der Waals surface area contributed by atoms with Gasteiger partial charge in [-0.25, -0.2) is 16.8 Å². The average Bonchev–Trinajstić information content (AvgIpc) is 3.85. The van der Waals surface area contributed by atoms with Crippen LogP contribution in [0.5, 0.6) is 0 Å². The van der Waals surface area contributed by atoms with E-state index in [1.54, 1.807) is 0 Å². The molecule has 360 valence electrons. The number of rotatable bonds is 12. The first kappa shape index (κ1) is 50.9. The predicted molar refractivity (Wildman–Crippen MR) is 273 cm³/mol. The summed E-state index contributed by atoms with van der Waals surface area (Å²) >= 11 is 1.89. The van der Waals surface area contributed by atoms with Gasteiger partial charge < -0.3 is 9.11 Å². The van der Waals surface area contributed by atoms with E-state index in [4.69, 9.17) is 0 Å². The summed E-state index contributed by atoms with van der Waals surface area (Å²) in [5, 5.41) is 0. The van der Waals surface area contributed by atoms with Crippen LogP contribution < -0.4 is 0 Å². The second kappa shape index (κ2) is 20.3. The number of hydrogen-bond donors (Lipinski definition) is 0. The highest BCUT2D eigenvalue weighted by atomic mass is 32.2. The Morgan fingerprint density at radius 1 is 0.464 bits per heavy atom. The van der Waals surface area contributed by atoms with Crippen LogP contribution in [-0.2, 0) is 51.6 Å². The van der Waals surface area contributed by atoms with E-state index in [1.807, 2.05) is 39.5 Å². The number of hydrogen-bond acceptors (Lipinski definition) is 9. The van der Waals surface area contributed by atoms with Gasteiger partial charge in [-0.2, -0.15) is 0 Å². The Bertz CT molecular complexity index is 2720. The lowest BCUT2D eigenvalue weighted by atomic mass is 9.70. The maximum Gasteiger partial charge on any atom is 0.180 e. The van der Waals surface area contributed by atoms with E-state index in [-0.39, 0.29) is 56.0 Å². The van der Waals surface area contributed by atoms with Crippen LogP contribution in [0, 0.1) is 33.5 Å². The summed E-state index contributed by atoms with van der Waals surface area (Å²) in [6.07, 6.45) is 3.75. The highest BCUT2D eigenvalue weighted by molar-refractivity contribution is 8.02. The molecule has 4 unspecified atom stereocenters. The van der Waals surface area contributed by atoms with E-state index in [9.17, 15) is 35.5 Å². The van der Waals surface area contributed by atoms with Crippen molar-refractivity contribution in [1.82, 2.24) is 0 Å². The van der Waals surface area contributed by atoms with Crippen molar-refractivity contribution < 1.29 is 35.5 Å². The molecule has 13 heteroatoms. The third kappa shape index (κ3) is 10.5. The van der Waals surface area contributed by atoms with Crippen LogP contribution in [0.4, 0.5) is 0 Å². The van der Waals surface area contributed by atoms with Crippen LogP contribution in [0.3, 0.4) is 0 Å². The van der Waals surface area contributed by atoms with Crippen molar-refractivity contribution in [1.29, 1.82) is 0 Å². The van der Waals surface area contributed by atoms with Crippen molar-refractivity contribution in [2.75, 3.05) is 11.5 Å². The number of benzene rings is 6. The molecule has 0 aromatic heterocycles. The molecule has 4 aliphatic rings. The van der Waals surface area contributed by atoms with Crippen molar-refractivity contribution in [3.8, 4) is 0 Å². The summed E-state index contributed by atoms with van der Waals surface area (Å²) in [4.78, 5) is 34.3. The quantitative estimate of drug-likeness (QED) is 0.0862. The Labute approximate surface area is 418 Å². The fourth-order valence-electron chi connectivity index (χ4n) is 11.4. The summed E-state index contributed by atoms with van der Waals surface area (Å²) in [5.74, 6) is -0.560. The van der Waals surface area contributed by atoms with Crippen molar-refractivity contribution in [3.05, 3.63) is 170 Å². The summed E-state index contributed by atoms with van der Waals surface area (Å²) in [6.45, 7) is 7.67. The molecule has 6 aromatic rings. The van der Waals surface area contributed by atoms with Crippen molar-refractivity contribution in [3.63, 3.8) is 0 Å². The molecular weight excluding hydrogens is 961 g/mol. The fourth-order valence-corrected chi connectivity index (χ4v) is 19.8. The maximum atomic E-state index is 11.8. The first-order valence-electron chi connectivity index (χ1n) is 23.2. The lowest BCUT2D eigenvalue weighted by Crippen LogP contribution is -2.42. The van der Waals surface area contributed by atoms with Gasteiger partial charge in [-0.05, 0) is 121 Å². The molecule has 4 atom stereocenters. The molecule has 4 saturated carbocycles. The Morgan fingerprint density at radius 2 is 0.739 bits per heavy atom. The largest absolute Gasteiger partial charge is 0.748 e. The standard InChI is InChI=1S/C36H28S3.2C10H16O4S/c1-5-17-29(18-6-1)38(30-19-7-2-8-20-30)35-27-15-13-25-33(35)37-34-26-14-16-28-36(34)39(31-21-9-3-10-22-31)32-23-11-4-12-24-32;2*1-9(2)7-3-4-10(9,8(11)5-7)6-15(12,13)14/h1-28H;2*7H,3-6H2,1-2H3,(H,12,13,14)/q+2;;/p-2. The second-order valence-corrected chi connectivity index (χ2v) is 27.5. The van der Waals surface area contributed by atoms with Crippen LogP contribution in [0.15, 0.2) is 209 Å². The third-order valence-electron chi connectivity index (χ3n) is 15.4. The van der Waals surface area contributed by atoms with Gasteiger partial charge in [0.15, 0.2) is 29.4 Å². The van der Waals surface area contributed by atoms with Gasteiger partial charge in [0, 0.05) is 23.7 Å². The molecule has 0 heterocycles. The molecule has 6 aromatic carbocycles. The Hall–Kier alpha value is -4.47. The average molecular weight is 1020 g/mol. The maximum absolute atomic E-state index is 11.8. The van der Waals surface area contributed by atoms with Gasteiger partial charge in [-0.15, -0.1) is 0 Å². The number of ketones is 2. The fraction of sp³-hybridized carbons (Fsp3) is 0.321. The molecule has 0 radical (unpaired) electrons. The first-order chi connectivity index (χ1) is 32.8. The molecular formula is C56H58O8S5. The van der Waals surface area contributed by atoms with E-state index in [1.165, 1.54) is 39.2 Å². The molecule has 0 amide bonds. The summed E-state index contributed by atoms with van der Waals surface area (Å²) < 4.78 is 65.4. The van der Waals surface area contributed by atoms with Crippen molar-refractivity contribution in [2.45, 2.75) is 105 Å². The van der Waals surface area contributed by atoms with Crippen molar-refractivity contribution in [2.24, 2.45) is 33.5 Å². The monoisotopic (exact) mass is 1020 g/mol. The smallest absolute Gasteiger partial charge is 0.180 e. The summed E-state index contributed by atoms with van der Waals surface area (Å²) in [6, 6.07) is 61.5. The minimum absolute atomic E-state index is 0.0248. The SMILES string of the molecule is CC1(C)C2CCC1(CS(=O)(=O)[O-])C(=O)C2.CC1(C)C2CCC1(CS(=O)(=O)[O-])C(=O)C2.c1ccc([S+](c2ccccc2)c2ccccc2Sc2ccccc2[S+](c2ccccc2)c2ccccc2)cc1. The first-order valence-corrected chi connectivity index (χ1v) is 29.7. The highest BCUT2D eigenvalue weighted by Gasteiger charge is 2.65. The molecule has 0 N–H and O–H groups in total. The zero-order chi connectivity index (χ0) is 49.2. The normalized spacial score (nSPS) is 23.1. The third-order valence-corrected chi connectivity index (χ3v) is 23.1. The van der Waals surface area contributed by atoms with Gasteiger partial charge in [-0.1, -0.05) is 137 Å². The van der Waals surface area contributed by atoms with Gasteiger partial charge in [-0.3, -0.25) is 9.59 Å². The Morgan fingerprint density at radius 3 is 0.986 bits per heavy atom. The Kier molecular flexibility index (Phi) is 15.0. The molecule has 10 rings (SSSR count). The van der Waals surface area contributed by atoms with E-state index in [0.717, 1.165) is 12.8 Å². The van der Waals surface area contributed by atoms with E-state index < -0.39 is 42.6 Å². The molecule has 0 spiro atoms. The zero-order valence-corrected chi connectivity index (χ0v) is 43.4. The summed E-state index contributed by atoms with van der Waals surface area (Å²) in [5.41, 5.74) is -2.44. The lowest BCUT2D eigenvalue weighted by Gasteiger charge is -2.37. The number of fused-ring (bicyclic) bond motifs is 4. The van der Waals surface area contributed by atoms with Crippen molar-refractivity contribution >= 4 is 65.4 Å². The molecule has 4 fully saturated rings. The van der Waals surface area contributed by atoms with Crippen LogP contribution in [0.1, 0.15) is 66.2 Å². The molecule has 4 aliphatic carbocycles. The Balaban J connectivity index is 0.000000174. The topological polar surface area (TPSA) is 149 Å². The van der Waals surface area contributed by atoms with Gasteiger partial charge >= 0.3 is 0 Å². The van der Waals surface area contributed by atoms with Crippen LogP contribution in [0.2, 0.25) is 0 Å². The summed E-state index contributed by atoms with van der Waals surface area (Å²) in [7, 11) is -9.07. The molecule has 69 heavy (non-hydrogen) atoms. The van der Waals surface area contributed by atoms with E-state index in [2.05, 4.69) is 170 Å². The predicted octanol–water partition coefficient (Wildman–Crippen LogP) is 11.9. The number of carbonyl (C=O) groups is 2. The van der Waals surface area contributed by atoms with E-state index >= 15 is 0 Å². The van der Waals surface area contributed by atoms with Gasteiger partial charge in [0.05, 0.1) is 41.5 Å².